The van der Waals surface area contributed by atoms with E-state index in [0.717, 1.165) is 180 Å². The second-order valence-electron chi connectivity index (χ2n) is 36.4. The molecule has 756 valence electrons. The average molecular weight is 1940 g/mol. The molecule has 2 atom stereocenters. The Balaban J connectivity index is 0.000000198. The van der Waals surface area contributed by atoms with E-state index in [9.17, 15) is 62.3 Å². The maximum absolute atomic E-state index is 12.7. The molecule has 0 radical (unpaired) electrons. The highest BCUT2D eigenvalue weighted by Gasteiger charge is 2.40. The lowest BCUT2D eigenvalue weighted by Crippen LogP contribution is -2.40. The zero-order valence-electron chi connectivity index (χ0n) is 81.1. The van der Waals surface area contributed by atoms with Crippen LogP contribution in [0.4, 0.5) is 0 Å². The topological polar surface area (TPSA) is 370 Å². The summed E-state index contributed by atoms with van der Waals surface area (Å²) in [4.78, 5) is 189. The van der Waals surface area contributed by atoms with Crippen LogP contribution in [-0.2, 0) is 105 Å². The van der Waals surface area contributed by atoms with Gasteiger partial charge in [0.05, 0.1) is 98.5 Å². The number of carbonyl (C=O) groups excluding carboxylic acids is 13. The number of carbonyl (C=O) groups is 13. The summed E-state index contributed by atoms with van der Waals surface area (Å²) < 4.78 is 54.7. The molecule has 29 nitrogen and oxygen atoms in total. The molecule has 0 aliphatic heterocycles. The highest BCUT2D eigenvalue weighted by Crippen LogP contribution is 2.35. The van der Waals surface area contributed by atoms with Crippen LogP contribution in [0.2, 0.25) is 0 Å². The van der Waals surface area contributed by atoms with Gasteiger partial charge in [-0.25, -0.2) is 43.2 Å². The third-order valence-corrected chi connectivity index (χ3v) is 25.6. The summed E-state index contributed by atoms with van der Waals surface area (Å²) in [5, 5.41) is 0. The molecule has 6 fully saturated rings. The molecule has 6 aliphatic carbocycles. The molecule has 7 aromatic rings. The van der Waals surface area contributed by atoms with E-state index in [0.29, 0.717) is 52.6 Å². The predicted molar refractivity (Wildman–Crippen MR) is 514 cm³/mol. The zero-order chi connectivity index (χ0) is 99.6. The maximum Gasteiger partial charge on any atom is 0.373 e. The van der Waals surface area contributed by atoms with Crippen molar-refractivity contribution in [2.75, 3.05) is 66.1 Å². The molecule has 29 heteroatoms. The van der Waals surface area contributed by atoms with Crippen molar-refractivity contribution < 1.29 is 139 Å². The highest BCUT2D eigenvalue weighted by atomic mass is 17.2. The van der Waals surface area contributed by atoms with Gasteiger partial charge in [0.25, 0.3) is 6.29 Å². The van der Waals surface area contributed by atoms with Crippen LogP contribution in [0.3, 0.4) is 0 Å². The van der Waals surface area contributed by atoms with Crippen molar-refractivity contribution in [1.29, 1.82) is 0 Å². The first-order chi connectivity index (χ1) is 68.1. The van der Waals surface area contributed by atoms with Crippen LogP contribution >= 0.6 is 0 Å². The van der Waals surface area contributed by atoms with Crippen LogP contribution in [0.15, 0.2) is 212 Å². The van der Waals surface area contributed by atoms with Gasteiger partial charge >= 0.3 is 77.6 Å². The summed E-state index contributed by atoms with van der Waals surface area (Å²) in [5.41, 5.74) is 1.35. The van der Waals surface area contributed by atoms with Gasteiger partial charge in [0.2, 0.25) is 0 Å². The highest BCUT2D eigenvalue weighted by molar-refractivity contribution is 5.92. The molecule has 0 aromatic heterocycles. The first kappa shape index (κ1) is 111. The Morgan fingerprint density at radius 1 is 0.250 bits per heavy atom. The first-order valence-electron chi connectivity index (χ1n) is 49.8. The monoisotopic (exact) mass is 1930 g/mol. The van der Waals surface area contributed by atoms with E-state index < -0.39 is 71.6 Å². The van der Waals surface area contributed by atoms with Crippen molar-refractivity contribution in [3.63, 3.8) is 0 Å². The number of rotatable bonds is 41. The van der Waals surface area contributed by atoms with Crippen molar-refractivity contribution in [2.24, 2.45) is 46.3 Å². The van der Waals surface area contributed by atoms with E-state index in [4.69, 9.17) is 76.7 Å². The van der Waals surface area contributed by atoms with Crippen molar-refractivity contribution in [1.82, 2.24) is 0 Å². The summed E-state index contributed by atoms with van der Waals surface area (Å²) >= 11 is 0. The Labute approximate surface area is 821 Å². The molecule has 0 bridgehead atoms. The fourth-order valence-electron chi connectivity index (χ4n) is 16.6. The van der Waals surface area contributed by atoms with Crippen LogP contribution < -0.4 is 0 Å². The molecular weight excluding hydrogens is 1800 g/mol. The van der Waals surface area contributed by atoms with Crippen LogP contribution in [-0.4, -0.2) is 156 Å². The summed E-state index contributed by atoms with van der Waals surface area (Å²) in [6.45, 7) is 5.73. The van der Waals surface area contributed by atoms with Crippen LogP contribution in [0.25, 0.3) is 0 Å². The first-order valence-corrected chi connectivity index (χ1v) is 49.8. The number of hydrogen-bond donors (Lipinski definition) is 0. The molecule has 0 spiro atoms. The Bertz CT molecular complexity index is 4690. The fraction of sp³-hybridized carbons (Fsp3) is 0.505. The van der Waals surface area contributed by atoms with E-state index >= 15 is 0 Å². The van der Waals surface area contributed by atoms with Crippen molar-refractivity contribution in [3.05, 3.63) is 251 Å². The standard InChI is InChI=1S/C27H38O6.C27H32O6.C23H24O7.2C17H22O5/c2*1-2-27(18-31-24(28)21-12-6-3-7-13-21,19-32-25(29)22-14-8-4-9-15-22)20-33-26(30)23-16-10-5-11-17-23;24-21(17-10-4-1-5-11-17)27-16-20(28-22(25)18-12-6-2-7-13-18)29-30-23(26)19-14-8-3-9-15-19;1-13(12-20-16(18)14-8-4-2-5-9-14)21-22-17(19)15-10-6-3-7-11-15;18-16(14-8-3-1-4-9-14)20-12-7-13-21-22-17(19)15-10-5-2-6-11-15/h3,6-7,12-13,22-23H,2,4-5,8-11,14-20H2,1H3;3-4,6-9,12-15,23H,2,5,10-11,16-20H2,1H3;1,3-5,8-11,14-15,18,20H,2,6-7,12-13,16H2;2,4-5,8-9,13,15H,3,6-7,10-12H2,1H3;1,3-4,8-9,15H,2,5-7,10-13H2. The molecule has 0 saturated heterocycles. The van der Waals surface area contributed by atoms with Crippen molar-refractivity contribution >= 4 is 77.6 Å². The quantitative estimate of drug-likeness (QED) is 0.00857. The van der Waals surface area contributed by atoms with Crippen molar-refractivity contribution in [3.8, 4) is 0 Å². The Hall–Kier alpha value is -12.5. The molecule has 2 unspecified atom stereocenters. The third-order valence-electron chi connectivity index (χ3n) is 25.6. The fourth-order valence-corrected chi connectivity index (χ4v) is 16.6. The van der Waals surface area contributed by atoms with Crippen molar-refractivity contribution in [2.45, 2.75) is 245 Å². The minimum absolute atomic E-state index is 0.0168. The third kappa shape index (κ3) is 40.8. The van der Waals surface area contributed by atoms with Crippen LogP contribution in [0.5, 0.6) is 0 Å². The molecule has 0 heterocycles. The second kappa shape index (κ2) is 63.3. The summed E-state index contributed by atoms with van der Waals surface area (Å²) in [6.07, 6.45) is 29.1. The average Bonchev–Trinajstić information content (AvgIpc) is 0.842. The summed E-state index contributed by atoms with van der Waals surface area (Å²) in [6, 6.07) is 60.3. The Morgan fingerprint density at radius 2 is 0.493 bits per heavy atom. The van der Waals surface area contributed by atoms with E-state index in [1.165, 1.54) is 12.8 Å². The Kier molecular flexibility index (Phi) is 50.2. The largest absolute Gasteiger partial charge is 0.465 e. The summed E-state index contributed by atoms with van der Waals surface area (Å²) in [5.74, 6) is -5.72. The smallest absolute Gasteiger partial charge is 0.373 e. The van der Waals surface area contributed by atoms with Gasteiger partial charge in [0.1, 0.15) is 52.4 Å². The molecular formula is C111H138O29. The maximum atomic E-state index is 12.7. The van der Waals surface area contributed by atoms with Crippen LogP contribution in [0.1, 0.15) is 305 Å². The Morgan fingerprint density at radius 3 is 0.786 bits per heavy atom. The normalized spacial score (nSPS) is 15.8. The molecule has 0 amide bonds. The SMILES string of the molecule is CC(COC(=O)c1ccccc1)OOC(=O)C1CCCCC1.CCC(COC(=O)c1ccccc1)(COC(=O)C1CCCCC1)COC(=O)C1CCCCC1.CCC(COC(=O)c1ccccc1)(COC(=O)c1ccccc1)COC(=O)C1CCCCC1.O=C(OCC(OOC(=O)c1ccccc1)OC(=O)C1CCCCC1)c1ccccc1.O=C(OCCCOOC(=O)C1CCCCC1)c1ccccc1. The molecule has 0 N–H and O–H groups in total. The summed E-state index contributed by atoms with van der Waals surface area (Å²) in [7, 11) is 0. The lowest BCUT2D eigenvalue weighted by atomic mass is 9.86. The van der Waals surface area contributed by atoms with Gasteiger partial charge in [0.15, 0.2) is 6.61 Å². The molecule has 140 heavy (non-hydrogen) atoms. The van der Waals surface area contributed by atoms with Gasteiger partial charge in [-0.2, -0.15) is 9.78 Å². The molecule has 13 rings (SSSR count). The number of ether oxygens (including phenoxy) is 10. The number of hydrogen-bond acceptors (Lipinski definition) is 29. The second-order valence-corrected chi connectivity index (χ2v) is 36.4. The van der Waals surface area contributed by atoms with Gasteiger partial charge < -0.3 is 47.4 Å². The minimum Gasteiger partial charge on any atom is -0.465 e. The van der Waals surface area contributed by atoms with Crippen LogP contribution in [0, 0.1) is 46.3 Å². The van der Waals surface area contributed by atoms with Gasteiger partial charge in [-0.3, -0.25) is 33.8 Å². The lowest BCUT2D eigenvalue weighted by Gasteiger charge is -2.32. The molecule has 6 saturated carbocycles. The number of benzene rings is 7. The minimum atomic E-state index is -1.36. The van der Waals surface area contributed by atoms with E-state index in [2.05, 4.69) is 0 Å². The predicted octanol–water partition coefficient (Wildman–Crippen LogP) is 21.4. The van der Waals surface area contributed by atoms with E-state index in [1.807, 2.05) is 44.2 Å². The zero-order valence-corrected chi connectivity index (χ0v) is 81.1. The molecule has 7 aromatic carbocycles. The number of esters is 10. The van der Waals surface area contributed by atoms with Gasteiger partial charge in [-0.15, -0.1) is 4.89 Å². The lowest BCUT2D eigenvalue weighted by molar-refractivity contribution is -0.337. The van der Waals surface area contributed by atoms with Gasteiger partial charge in [0, 0.05) is 6.42 Å². The van der Waals surface area contributed by atoms with E-state index in [-0.39, 0.29) is 136 Å². The van der Waals surface area contributed by atoms with Gasteiger partial charge in [-0.05, 0) is 182 Å². The molecule has 6 aliphatic rings. The van der Waals surface area contributed by atoms with E-state index in [1.54, 1.807) is 189 Å². The van der Waals surface area contributed by atoms with Gasteiger partial charge in [-0.1, -0.05) is 257 Å².